The molecule has 1 unspecified atom stereocenters. The lowest BCUT2D eigenvalue weighted by Crippen LogP contribution is -2.31. The quantitative estimate of drug-likeness (QED) is 0.830. The van der Waals surface area contributed by atoms with Crippen molar-refractivity contribution in [3.63, 3.8) is 0 Å². The van der Waals surface area contributed by atoms with Crippen molar-refractivity contribution in [2.75, 3.05) is 12.3 Å². The van der Waals surface area contributed by atoms with Crippen LogP contribution < -0.4 is 15.8 Å². The Morgan fingerprint density at radius 3 is 2.57 bits per heavy atom. The number of anilines is 1. The highest BCUT2D eigenvalue weighted by atomic mass is 16.5. The average molecular weight is 284 g/mol. The van der Waals surface area contributed by atoms with E-state index in [9.17, 15) is 4.79 Å². The number of carbonyl (C=O) groups is 1. The number of ether oxygens (including phenoxy) is 1. The van der Waals surface area contributed by atoms with Crippen LogP contribution in [0.5, 0.6) is 5.75 Å². The molecule has 0 aliphatic heterocycles. The van der Waals surface area contributed by atoms with Crippen molar-refractivity contribution in [2.24, 2.45) is 0 Å². The van der Waals surface area contributed by atoms with Crippen molar-refractivity contribution in [3.05, 3.63) is 59.7 Å². The number of nitrogens with two attached hydrogens (primary N) is 1. The minimum atomic E-state index is -0.172. The summed E-state index contributed by atoms with van der Waals surface area (Å²) in [6.45, 7) is 3.93. The maximum Gasteiger partial charge on any atom is 0.258 e. The Hall–Kier alpha value is -2.49. The third-order valence-corrected chi connectivity index (χ3v) is 3.31. The number of para-hydroxylation sites is 2. The van der Waals surface area contributed by atoms with Gasteiger partial charge in [0.2, 0.25) is 0 Å². The molecular weight excluding hydrogens is 264 g/mol. The maximum absolute atomic E-state index is 11.9. The summed E-state index contributed by atoms with van der Waals surface area (Å²) in [5.41, 5.74) is 8.54. The molecule has 2 rings (SSSR count). The van der Waals surface area contributed by atoms with E-state index in [4.69, 9.17) is 10.5 Å². The fraction of sp³-hybridized carbons (Fsp3) is 0.235. The minimum absolute atomic E-state index is 0.0512. The van der Waals surface area contributed by atoms with Gasteiger partial charge in [0, 0.05) is 0 Å². The monoisotopic (exact) mass is 284 g/mol. The highest BCUT2D eigenvalue weighted by molar-refractivity contribution is 5.78. The molecule has 0 saturated heterocycles. The van der Waals surface area contributed by atoms with Gasteiger partial charge in [0.15, 0.2) is 6.61 Å². The molecule has 0 aliphatic carbocycles. The molecule has 4 nitrogen and oxygen atoms in total. The van der Waals surface area contributed by atoms with E-state index in [1.165, 1.54) is 0 Å². The largest absolute Gasteiger partial charge is 0.482 e. The van der Waals surface area contributed by atoms with E-state index < -0.39 is 0 Å². The number of nitrogens with one attached hydrogen (secondary N) is 1. The first-order chi connectivity index (χ1) is 10.1. The van der Waals surface area contributed by atoms with Gasteiger partial charge in [-0.2, -0.15) is 0 Å². The summed E-state index contributed by atoms with van der Waals surface area (Å²) in [6.07, 6.45) is 0. The molecule has 0 aromatic heterocycles. The topological polar surface area (TPSA) is 64.3 Å². The van der Waals surface area contributed by atoms with E-state index >= 15 is 0 Å². The second-order valence-corrected chi connectivity index (χ2v) is 4.97. The number of nitrogen functional groups attached to an aromatic ring is 1. The zero-order valence-electron chi connectivity index (χ0n) is 12.3. The third-order valence-electron chi connectivity index (χ3n) is 3.31. The summed E-state index contributed by atoms with van der Waals surface area (Å²) in [4.78, 5) is 11.9. The molecule has 0 spiro atoms. The number of benzene rings is 2. The zero-order valence-corrected chi connectivity index (χ0v) is 12.3. The van der Waals surface area contributed by atoms with E-state index in [0.717, 1.165) is 11.1 Å². The smallest absolute Gasteiger partial charge is 0.258 e. The number of rotatable bonds is 5. The summed E-state index contributed by atoms with van der Waals surface area (Å²) in [6, 6.07) is 15.0. The van der Waals surface area contributed by atoms with Gasteiger partial charge < -0.3 is 15.8 Å². The fourth-order valence-corrected chi connectivity index (χ4v) is 2.19. The van der Waals surface area contributed by atoms with Gasteiger partial charge >= 0.3 is 0 Å². The number of aryl methyl sites for hydroxylation is 1. The Bertz CT molecular complexity index is 626. The Morgan fingerprint density at radius 2 is 1.86 bits per heavy atom. The lowest BCUT2D eigenvalue weighted by Gasteiger charge is -2.17. The van der Waals surface area contributed by atoms with Crippen molar-refractivity contribution in [2.45, 2.75) is 19.9 Å². The molecule has 1 atom stereocenters. The summed E-state index contributed by atoms with van der Waals surface area (Å²) < 4.78 is 5.43. The van der Waals surface area contributed by atoms with E-state index in [2.05, 4.69) is 5.32 Å². The van der Waals surface area contributed by atoms with Crippen LogP contribution in [-0.2, 0) is 4.79 Å². The van der Waals surface area contributed by atoms with Crippen molar-refractivity contribution >= 4 is 11.6 Å². The van der Waals surface area contributed by atoms with Gasteiger partial charge in [-0.3, -0.25) is 4.79 Å². The van der Waals surface area contributed by atoms with Crippen LogP contribution in [0.3, 0.4) is 0 Å². The van der Waals surface area contributed by atoms with E-state index in [1.807, 2.05) is 50.2 Å². The van der Waals surface area contributed by atoms with Gasteiger partial charge in [-0.25, -0.2) is 0 Å². The summed E-state index contributed by atoms with van der Waals surface area (Å²) in [5.74, 6) is 0.352. The van der Waals surface area contributed by atoms with Gasteiger partial charge in [-0.15, -0.1) is 0 Å². The molecule has 3 N–H and O–H groups in total. The zero-order chi connectivity index (χ0) is 15.2. The van der Waals surface area contributed by atoms with Crippen LogP contribution in [0.25, 0.3) is 0 Å². The lowest BCUT2D eigenvalue weighted by atomic mass is 10.0. The Balaban J connectivity index is 1.90. The van der Waals surface area contributed by atoms with Crippen LogP contribution in [-0.4, -0.2) is 12.5 Å². The van der Waals surface area contributed by atoms with Crippen LogP contribution in [0.1, 0.15) is 24.1 Å². The minimum Gasteiger partial charge on any atom is -0.482 e. The molecule has 0 saturated carbocycles. The third kappa shape index (κ3) is 3.99. The summed E-state index contributed by atoms with van der Waals surface area (Å²) in [7, 11) is 0. The highest BCUT2D eigenvalue weighted by Crippen LogP contribution is 2.20. The predicted octanol–water partition coefficient (Wildman–Crippen LogP) is 2.83. The van der Waals surface area contributed by atoms with Crippen LogP contribution in [0.4, 0.5) is 5.69 Å². The maximum atomic E-state index is 11.9. The molecule has 0 bridgehead atoms. The molecule has 0 radical (unpaired) electrons. The first-order valence-electron chi connectivity index (χ1n) is 6.90. The standard InChI is InChI=1S/C17H20N2O2/c1-12-7-3-4-8-14(12)13(2)19-17(20)11-21-16-10-6-5-9-15(16)18/h3-10,13H,11,18H2,1-2H3,(H,19,20). The van der Waals surface area contributed by atoms with E-state index in [1.54, 1.807) is 12.1 Å². The van der Waals surface area contributed by atoms with Gasteiger partial charge in [-0.1, -0.05) is 36.4 Å². The molecule has 4 heteroatoms. The van der Waals surface area contributed by atoms with E-state index in [-0.39, 0.29) is 18.6 Å². The van der Waals surface area contributed by atoms with Crippen LogP contribution in [0.15, 0.2) is 48.5 Å². The van der Waals surface area contributed by atoms with Gasteiger partial charge in [-0.05, 0) is 37.1 Å². The number of carbonyl (C=O) groups excluding carboxylic acids is 1. The molecular formula is C17H20N2O2. The van der Waals surface area contributed by atoms with Crippen LogP contribution in [0.2, 0.25) is 0 Å². The first-order valence-corrected chi connectivity index (χ1v) is 6.90. The van der Waals surface area contributed by atoms with Crippen molar-refractivity contribution in [1.29, 1.82) is 0 Å². The van der Waals surface area contributed by atoms with Gasteiger partial charge in [0.1, 0.15) is 5.75 Å². The molecule has 1 amide bonds. The Kier molecular flexibility index (Phi) is 4.82. The normalized spacial score (nSPS) is 11.7. The second kappa shape index (κ2) is 6.79. The SMILES string of the molecule is Cc1ccccc1C(C)NC(=O)COc1ccccc1N. The highest BCUT2D eigenvalue weighted by Gasteiger charge is 2.12. The first kappa shape index (κ1) is 14.9. The molecule has 21 heavy (non-hydrogen) atoms. The number of hydrogen-bond acceptors (Lipinski definition) is 3. The molecule has 0 heterocycles. The Morgan fingerprint density at radius 1 is 1.19 bits per heavy atom. The van der Waals surface area contributed by atoms with Crippen LogP contribution in [0, 0.1) is 6.92 Å². The fourth-order valence-electron chi connectivity index (χ4n) is 2.19. The van der Waals surface area contributed by atoms with E-state index in [0.29, 0.717) is 11.4 Å². The van der Waals surface area contributed by atoms with Gasteiger partial charge in [0.25, 0.3) is 5.91 Å². The molecule has 110 valence electrons. The van der Waals surface area contributed by atoms with Crippen molar-refractivity contribution in [1.82, 2.24) is 5.32 Å². The number of hydrogen-bond donors (Lipinski definition) is 2. The molecule has 2 aromatic rings. The molecule has 2 aromatic carbocycles. The lowest BCUT2D eigenvalue weighted by molar-refractivity contribution is -0.123. The average Bonchev–Trinajstić information content (AvgIpc) is 2.46. The van der Waals surface area contributed by atoms with Crippen LogP contribution >= 0.6 is 0 Å². The number of amides is 1. The second-order valence-electron chi connectivity index (χ2n) is 4.97. The molecule has 0 fully saturated rings. The Labute approximate surface area is 124 Å². The van der Waals surface area contributed by atoms with Crippen molar-refractivity contribution < 1.29 is 9.53 Å². The summed E-state index contributed by atoms with van der Waals surface area (Å²) >= 11 is 0. The van der Waals surface area contributed by atoms with Gasteiger partial charge in [0.05, 0.1) is 11.7 Å². The summed E-state index contributed by atoms with van der Waals surface area (Å²) in [5, 5.41) is 2.92. The molecule has 0 aliphatic rings. The predicted molar refractivity (Wildman–Crippen MR) is 84.1 cm³/mol. The van der Waals surface area contributed by atoms with Crippen molar-refractivity contribution in [3.8, 4) is 5.75 Å².